The number of carbonyl (C=O) groups is 2. The number of amides is 2. The number of aryl methyl sites for hydroxylation is 1. The van der Waals surface area contributed by atoms with Gasteiger partial charge < -0.3 is 19.5 Å². The highest BCUT2D eigenvalue weighted by Gasteiger charge is 2.47. The quantitative estimate of drug-likeness (QED) is 0.406. The van der Waals surface area contributed by atoms with Gasteiger partial charge in [-0.05, 0) is 54.2 Å². The van der Waals surface area contributed by atoms with Crippen LogP contribution < -0.4 is 4.74 Å². The highest BCUT2D eigenvalue weighted by atomic mass is 16.5. The summed E-state index contributed by atoms with van der Waals surface area (Å²) in [6, 6.07) is 25.9. The lowest BCUT2D eigenvalue weighted by Gasteiger charge is -2.47. The number of methoxy groups -OCH3 is 1. The van der Waals surface area contributed by atoms with Crippen LogP contribution in [0.2, 0.25) is 0 Å². The number of para-hydroxylation sites is 1. The summed E-state index contributed by atoms with van der Waals surface area (Å²) in [4.78, 5) is 34.7. The van der Waals surface area contributed by atoms with Crippen molar-refractivity contribution in [2.24, 2.45) is 0 Å². The Hall–Kier alpha value is -4.06. The maximum absolute atomic E-state index is 13.8. The third kappa shape index (κ3) is 4.37. The first-order valence-electron chi connectivity index (χ1n) is 13.0. The number of hydrogen-bond acceptors (Lipinski definition) is 3. The van der Waals surface area contributed by atoms with Gasteiger partial charge in [-0.15, -0.1) is 0 Å². The molecule has 0 aliphatic carbocycles. The second kappa shape index (κ2) is 9.77. The molecule has 6 rings (SSSR count). The van der Waals surface area contributed by atoms with Crippen LogP contribution in [0.15, 0.2) is 78.9 Å². The standard InChI is InChI=1S/C31H31N3O3/c1-37-23-14-11-22(12-15-23)17-18-33-20-29(35)34-27(16-13-21-7-3-2-4-8-21)30-25(19-28(34)31(33)36)24-9-5-6-10-26(24)32-30/h2-12,14-15,27-28,32H,13,16-20H2,1H3. The Morgan fingerprint density at radius 3 is 2.41 bits per heavy atom. The van der Waals surface area contributed by atoms with E-state index in [1.54, 1.807) is 12.0 Å². The van der Waals surface area contributed by atoms with Crippen LogP contribution in [0, 0.1) is 0 Å². The maximum atomic E-state index is 13.8. The number of aromatic nitrogens is 1. The molecule has 3 aromatic carbocycles. The van der Waals surface area contributed by atoms with E-state index in [9.17, 15) is 9.59 Å². The molecule has 188 valence electrons. The van der Waals surface area contributed by atoms with Crippen LogP contribution in [0.25, 0.3) is 10.9 Å². The summed E-state index contributed by atoms with van der Waals surface area (Å²) in [7, 11) is 1.65. The van der Waals surface area contributed by atoms with Gasteiger partial charge in [-0.2, -0.15) is 0 Å². The van der Waals surface area contributed by atoms with Gasteiger partial charge in [0.05, 0.1) is 19.7 Å². The van der Waals surface area contributed by atoms with Crippen molar-refractivity contribution in [3.05, 3.63) is 101 Å². The Kier molecular flexibility index (Phi) is 6.16. The minimum atomic E-state index is -0.468. The lowest BCUT2D eigenvalue weighted by atomic mass is 9.86. The zero-order chi connectivity index (χ0) is 25.4. The average molecular weight is 494 g/mol. The molecule has 37 heavy (non-hydrogen) atoms. The van der Waals surface area contributed by atoms with Crippen molar-refractivity contribution in [2.45, 2.75) is 37.8 Å². The summed E-state index contributed by atoms with van der Waals surface area (Å²) in [5.74, 6) is 0.886. The van der Waals surface area contributed by atoms with Crippen molar-refractivity contribution < 1.29 is 14.3 Å². The predicted octanol–water partition coefficient (Wildman–Crippen LogP) is 4.69. The Bertz CT molecular complexity index is 1430. The highest BCUT2D eigenvalue weighted by Crippen LogP contribution is 2.41. The Balaban J connectivity index is 1.28. The van der Waals surface area contributed by atoms with Crippen molar-refractivity contribution in [2.75, 3.05) is 20.2 Å². The number of hydrogen-bond donors (Lipinski definition) is 1. The molecule has 0 spiro atoms. The van der Waals surface area contributed by atoms with Gasteiger partial charge in [-0.1, -0.05) is 60.7 Å². The Morgan fingerprint density at radius 1 is 0.892 bits per heavy atom. The largest absolute Gasteiger partial charge is 0.497 e. The fourth-order valence-electron chi connectivity index (χ4n) is 5.94. The number of ether oxygens (including phenoxy) is 1. The summed E-state index contributed by atoms with van der Waals surface area (Å²) in [5, 5.41) is 1.15. The van der Waals surface area contributed by atoms with Gasteiger partial charge in [0, 0.05) is 29.6 Å². The van der Waals surface area contributed by atoms with E-state index in [2.05, 4.69) is 29.2 Å². The smallest absolute Gasteiger partial charge is 0.246 e. The third-order valence-electron chi connectivity index (χ3n) is 7.84. The van der Waals surface area contributed by atoms with E-state index in [0.717, 1.165) is 40.8 Å². The molecule has 0 saturated carbocycles. The number of aromatic amines is 1. The number of nitrogens with one attached hydrogen (secondary N) is 1. The Labute approximate surface area is 216 Å². The molecule has 2 unspecified atom stereocenters. The molecule has 3 heterocycles. The van der Waals surface area contributed by atoms with Crippen LogP contribution in [0.1, 0.15) is 34.8 Å². The normalized spacial score (nSPS) is 19.2. The number of fused-ring (bicyclic) bond motifs is 4. The van der Waals surface area contributed by atoms with E-state index < -0.39 is 6.04 Å². The van der Waals surface area contributed by atoms with Gasteiger partial charge in [0.25, 0.3) is 0 Å². The van der Waals surface area contributed by atoms with E-state index in [-0.39, 0.29) is 24.4 Å². The molecular formula is C31H31N3O3. The van der Waals surface area contributed by atoms with Gasteiger partial charge in [0.15, 0.2) is 0 Å². The molecule has 1 fully saturated rings. The van der Waals surface area contributed by atoms with Crippen molar-refractivity contribution in [1.82, 2.24) is 14.8 Å². The summed E-state index contributed by atoms with van der Waals surface area (Å²) >= 11 is 0. The van der Waals surface area contributed by atoms with Crippen LogP contribution in [-0.2, 0) is 28.9 Å². The van der Waals surface area contributed by atoms with Gasteiger partial charge >= 0.3 is 0 Å². The first-order chi connectivity index (χ1) is 18.1. The maximum Gasteiger partial charge on any atom is 0.246 e. The summed E-state index contributed by atoms with van der Waals surface area (Å²) in [6.07, 6.45) is 2.85. The minimum Gasteiger partial charge on any atom is -0.497 e. The molecule has 2 aliphatic heterocycles. The van der Waals surface area contributed by atoms with E-state index in [1.165, 1.54) is 11.1 Å². The van der Waals surface area contributed by atoms with Gasteiger partial charge in [0.2, 0.25) is 11.8 Å². The molecule has 1 N–H and O–H groups in total. The van der Waals surface area contributed by atoms with E-state index >= 15 is 0 Å². The average Bonchev–Trinajstić information content (AvgIpc) is 3.32. The van der Waals surface area contributed by atoms with Crippen molar-refractivity contribution in [3.63, 3.8) is 0 Å². The van der Waals surface area contributed by atoms with E-state index in [0.29, 0.717) is 19.4 Å². The molecule has 2 atom stereocenters. The molecule has 6 heteroatoms. The van der Waals surface area contributed by atoms with Crippen LogP contribution in [0.3, 0.4) is 0 Å². The van der Waals surface area contributed by atoms with Crippen LogP contribution in [-0.4, -0.2) is 52.8 Å². The summed E-state index contributed by atoms with van der Waals surface area (Å²) in [5.41, 5.74) is 5.67. The first kappa shape index (κ1) is 23.3. The van der Waals surface area contributed by atoms with E-state index in [1.807, 2.05) is 59.5 Å². The Morgan fingerprint density at radius 2 is 1.62 bits per heavy atom. The minimum absolute atomic E-state index is 0.0294. The summed E-state index contributed by atoms with van der Waals surface area (Å²) in [6.45, 7) is 0.652. The zero-order valence-electron chi connectivity index (χ0n) is 21.0. The molecule has 0 radical (unpaired) electrons. The van der Waals surface area contributed by atoms with Gasteiger partial charge in [-0.3, -0.25) is 9.59 Å². The van der Waals surface area contributed by atoms with Crippen molar-refractivity contribution in [3.8, 4) is 5.75 Å². The van der Waals surface area contributed by atoms with Gasteiger partial charge in [-0.25, -0.2) is 0 Å². The fourth-order valence-corrected chi connectivity index (χ4v) is 5.94. The zero-order valence-corrected chi connectivity index (χ0v) is 21.0. The molecule has 2 aliphatic rings. The van der Waals surface area contributed by atoms with Crippen molar-refractivity contribution >= 4 is 22.7 Å². The lowest BCUT2D eigenvalue weighted by Crippen LogP contribution is -2.63. The second-order valence-electron chi connectivity index (χ2n) is 9.98. The van der Waals surface area contributed by atoms with E-state index in [4.69, 9.17) is 4.74 Å². The molecule has 4 aromatic rings. The molecule has 1 saturated heterocycles. The second-order valence-corrected chi connectivity index (χ2v) is 9.98. The van der Waals surface area contributed by atoms with Crippen LogP contribution in [0.5, 0.6) is 5.75 Å². The molecule has 0 bridgehead atoms. The molecule has 2 amide bonds. The number of piperazine rings is 1. The fraction of sp³-hybridized carbons (Fsp3) is 0.290. The summed E-state index contributed by atoms with van der Waals surface area (Å²) < 4.78 is 5.25. The van der Waals surface area contributed by atoms with Crippen molar-refractivity contribution in [1.29, 1.82) is 0 Å². The third-order valence-corrected chi connectivity index (χ3v) is 7.84. The molecule has 6 nitrogen and oxygen atoms in total. The van der Waals surface area contributed by atoms with Crippen LogP contribution in [0.4, 0.5) is 0 Å². The monoisotopic (exact) mass is 493 g/mol. The lowest BCUT2D eigenvalue weighted by molar-refractivity contribution is -0.159. The first-order valence-corrected chi connectivity index (χ1v) is 13.0. The number of rotatable bonds is 7. The number of nitrogens with zero attached hydrogens (tertiary/aromatic N) is 2. The molecule has 1 aromatic heterocycles. The van der Waals surface area contributed by atoms with Gasteiger partial charge in [0.1, 0.15) is 11.8 Å². The topological polar surface area (TPSA) is 65.6 Å². The van der Waals surface area contributed by atoms with Crippen LogP contribution >= 0.6 is 0 Å². The number of benzene rings is 3. The SMILES string of the molecule is COc1ccc(CCN2CC(=O)N3C(Cc4c([nH]c5ccccc45)C3CCc3ccccc3)C2=O)cc1. The highest BCUT2D eigenvalue weighted by molar-refractivity contribution is 5.97. The number of carbonyl (C=O) groups excluding carboxylic acids is 2. The number of H-pyrrole nitrogens is 1. The molecular weight excluding hydrogens is 462 g/mol. The predicted molar refractivity (Wildman–Crippen MR) is 143 cm³/mol.